The van der Waals surface area contributed by atoms with Crippen LogP contribution in [-0.2, 0) is 4.79 Å². The van der Waals surface area contributed by atoms with Crippen molar-refractivity contribution in [3.8, 4) is 11.5 Å². The van der Waals surface area contributed by atoms with E-state index in [1.807, 2.05) is 0 Å². The van der Waals surface area contributed by atoms with Crippen LogP contribution in [0.25, 0.3) is 5.70 Å². The number of ether oxygens (including phenoxy) is 1. The highest BCUT2D eigenvalue weighted by Gasteiger charge is 2.14. The van der Waals surface area contributed by atoms with Crippen molar-refractivity contribution in [1.29, 1.82) is 0 Å². The van der Waals surface area contributed by atoms with Gasteiger partial charge in [-0.05, 0) is 35.9 Å². The summed E-state index contributed by atoms with van der Waals surface area (Å²) in [4.78, 5) is 22.0. The monoisotopic (exact) mass is 329 g/mol. The highest BCUT2D eigenvalue weighted by molar-refractivity contribution is 5.78. The van der Waals surface area contributed by atoms with E-state index in [1.165, 1.54) is 30.3 Å². The number of nitro groups is 1. The first-order valence-electron chi connectivity index (χ1n) is 6.87. The molecule has 0 saturated carbocycles. The summed E-state index contributed by atoms with van der Waals surface area (Å²) in [7, 11) is 0. The first-order valence-corrected chi connectivity index (χ1v) is 6.87. The maximum Gasteiger partial charge on any atom is 0.310 e. The van der Waals surface area contributed by atoms with Crippen LogP contribution >= 0.6 is 0 Å². The highest BCUT2D eigenvalue weighted by Crippen LogP contribution is 2.25. The van der Waals surface area contributed by atoms with Crippen molar-refractivity contribution in [2.75, 3.05) is 6.61 Å². The quantitative estimate of drug-likeness (QED) is 0.528. The summed E-state index contributed by atoms with van der Waals surface area (Å²) in [5, 5.41) is 20.1. The molecule has 0 aliphatic rings. The van der Waals surface area contributed by atoms with Crippen LogP contribution in [0.1, 0.15) is 5.56 Å². The zero-order valence-corrected chi connectivity index (χ0v) is 12.6. The van der Waals surface area contributed by atoms with Crippen molar-refractivity contribution in [1.82, 2.24) is 10.9 Å². The van der Waals surface area contributed by atoms with Crippen molar-refractivity contribution in [2.45, 2.75) is 0 Å². The molecule has 0 spiro atoms. The number of carbonyl (C=O) groups excluding carboxylic acids is 1. The number of hydrogen-bond acceptors (Lipinski definition) is 6. The zero-order chi connectivity index (χ0) is 17.5. The summed E-state index contributed by atoms with van der Waals surface area (Å²) >= 11 is 0. The van der Waals surface area contributed by atoms with Crippen molar-refractivity contribution >= 4 is 17.3 Å². The van der Waals surface area contributed by atoms with Crippen LogP contribution in [0.15, 0.2) is 55.1 Å². The molecule has 2 aromatic rings. The van der Waals surface area contributed by atoms with E-state index in [9.17, 15) is 20.0 Å². The van der Waals surface area contributed by atoms with Gasteiger partial charge in [-0.15, -0.1) is 0 Å². The van der Waals surface area contributed by atoms with Gasteiger partial charge in [0.05, 0.1) is 10.6 Å². The smallest absolute Gasteiger partial charge is 0.310 e. The molecule has 0 bridgehead atoms. The third kappa shape index (κ3) is 4.47. The average Bonchev–Trinajstić information content (AvgIpc) is 2.58. The molecule has 0 heterocycles. The summed E-state index contributed by atoms with van der Waals surface area (Å²) in [6.45, 7) is 3.34. The summed E-state index contributed by atoms with van der Waals surface area (Å²) < 4.78 is 5.16. The fourth-order valence-electron chi connectivity index (χ4n) is 1.79. The number of hydrogen-bond donors (Lipinski definition) is 3. The molecule has 8 heteroatoms. The molecule has 0 aromatic heterocycles. The van der Waals surface area contributed by atoms with Crippen LogP contribution in [0, 0.1) is 10.1 Å². The second kappa shape index (κ2) is 7.63. The van der Waals surface area contributed by atoms with Gasteiger partial charge < -0.3 is 9.84 Å². The van der Waals surface area contributed by atoms with Gasteiger partial charge >= 0.3 is 5.69 Å². The molecule has 0 fully saturated rings. The van der Waals surface area contributed by atoms with E-state index >= 15 is 0 Å². The second-order valence-electron chi connectivity index (χ2n) is 4.71. The predicted molar refractivity (Wildman–Crippen MR) is 87.0 cm³/mol. The number of phenolic OH excluding ortho intramolecular Hbond substituents is 1. The first kappa shape index (κ1) is 16.8. The Morgan fingerprint density at radius 1 is 1.17 bits per heavy atom. The van der Waals surface area contributed by atoms with Gasteiger partial charge in [0.25, 0.3) is 5.91 Å². The van der Waals surface area contributed by atoms with Gasteiger partial charge in [-0.25, -0.2) is 0 Å². The van der Waals surface area contributed by atoms with Crippen LogP contribution in [0.3, 0.4) is 0 Å². The Bertz CT molecular complexity index is 759. The Morgan fingerprint density at radius 3 is 2.50 bits per heavy atom. The number of benzene rings is 2. The minimum Gasteiger partial charge on any atom is -0.508 e. The molecule has 0 atom stereocenters. The Morgan fingerprint density at radius 2 is 1.83 bits per heavy atom. The summed E-state index contributed by atoms with van der Waals surface area (Å²) in [5.74, 6) is -0.406. The third-order valence-corrected chi connectivity index (χ3v) is 2.99. The van der Waals surface area contributed by atoms with Gasteiger partial charge in [-0.3, -0.25) is 25.8 Å². The van der Waals surface area contributed by atoms with Crippen LogP contribution in [0.4, 0.5) is 5.69 Å². The van der Waals surface area contributed by atoms with E-state index in [4.69, 9.17) is 4.74 Å². The number of phenols is 1. The lowest BCUT2D eigenvalue weighted by atomic mass is 10.2. The highest BCUT2D eigenvalue weighted by atomic mass is 16.6. The lowest BCUT2D eigenvalue weighted by molar-refractivity contribution is -0.385. The van der Waals surface area contributed by atoms with Gasteiger partial charge in [0.2, 0.25) is 0 Å². The molecule has 0 aliphatic heterocycles. The van der Waals surface area contributed by atoms with E-state index in [-0.39, 0.29) is 17.2 Å². The van der Waals surface area contributed by atoms with Crippen molar-refractivity contribution < 1.29 is 19.6 Å². The van der Waals surface area contributed by atoms with Crippen molar-refractivity contribution in [3.05, 3.63) is 70.8 Å². The number of carbonyl (C=O) groups is 1. The molecule has 124 valence electrons. The molecule has 2 aromatic carbocycles. The van der Waals surface area contributed by atoms with Gasteiger partial charge in [-0.2, -0.15) is 0 Å². The minimum atomic E-state index is -0.585. The SMILES string of the molecule is C=C(NNC(=O)COc1ccccc1[N+](=O)[O-])c1ccc(O)cc1. The first-order chi connectivity index (χ1) is 11.5. The maximum absolute atomic E-state index is 11.7. The largest absolute Gasteiger partial charge is 0.508 e. The fraction of sp³-hybridized carbons (Fsp3) is 0.0625. The number of aromatic hydroxyl groups is 1. The number of nitrogens with zero attached hydrogens (tertiary/aromatic N) is 1. The van der Waals surface area contributed by atoms with E-state index in [2.05, 4.69) is 17.4 Å². The lowest BCUT2D eigenvalue weighted by Gasteiger charge is -2.12. The van der Waals surface area contributed by atoms with Gasteiger partial charge in [0.1, 0.15) is 5.75 Å². The summed E-state index contributed by atoms with van der Waals surface area (Å²) in [6, 6.07) is 12.0. The maximum atomic E-state index is 11.7. The fourth-order valence-corrected chi connectivity index (χ4v) is 1.79. The van der Waals surface area contributed by atoms with Crippen LogP contribution in [0.5, 0.6) is 11.5 Å². The van der Waals surface area contributed by atoms with E-state index in [0.717, 1.165) is 0 Å². The lowest BCUT2D eigenvalue weighted by Crippen LogP contribution is -2.39. The van der Waals surface area contributed by atoms with E-state index in [1.54, 1.807) is 18.2 Å². The van der Waals surface area contributed by atoms with Crippen molar-refractivity contribution in [2.24, 2.45) is 0 Å². The predicted octanol–water partition coefficient (Wildman–Crippen LogP) is 1.97. The standard InChI is InChI=1S/C16H15N3O5/c1-11(12-6-8-13(20)9-7-12)17-18-16(21)10-24-15-5-3-2-4-14(15)19(22)23/h2-9,17,20H,1,10H2,(H,18,21). The molecule has 1 amide bonds. The van der Waals surface area contributed by atoms with Crippen LogP contribution in [0.2, 0.25) is 0 Å². The number of rotatable bonds is 7. The summed E-state index contributed by atoms with van der Waals surface area (Å²) in [6.07, 6.45) is 0. The summed E-state index contributed by atoms with van der Waals surface area (Å²) in [5.41, 5.74) is 5.84. The second-order valence-corrected chi connectivity index (χ2v) is 4.71. The number of hydrazine groups is 1. The Labute approximate surface area is 137 Å². The molecule has 3 N–H and O–H groups in total. The molecular formula is C16H15N3O5. The minimum absolute atomic E-state index is 0.00927. The van der Waals surface area contributed by atoms with Crippen LogP contribution < -0.4 is 15.6 Å². The number of nitro benzene ring substituents is 1. The molecule has 0 saturated heterocycles. The number of nitrogens with one attached hydrogen (secondary N) is 2. The van der Waals surface area contributed by atoms with E-state index < -0.39 is 17.4 Å². The third-order valence-electron chi connectivity index (χ3n) is 2.99. The molecule has 0 aliphatic carbocycles. The molecular weight excluding hydrogens is 314 g/mol. The molecule has 8 nitrogen and oxygen atoms in total. The van der Waals surface area contributed by atoms with Gasteiger partial charge in [0, 0.05) is 6.07 Å². The number of amides is 1. The normalized spacial score (nSPS) is 9.83. The molecule has 0 radical (unpaired) electrons. The zero-order valence-electron chi connectivity index (χ0n) is 12.6. The molecule has 2 rings (SSSR count). The Hall–Kier alpha value is -3.55. The Balaban J connectivity index is 1.85. The number of para-hydroxylation sites is 2. The van der Waals surface area contributed by atoms with Gasteiger partial charge in [-0.1, -0.05) is 18.7 Å². The van der Waals surface area contributed by atoms with Crippen LogP contribution in [-0.4, -0.2) is 22.5 Å². The molecule has 24 heavy (non-hydrogen) atoms. The average molecular weight is 329 g/mol. The van der Waals surface area contributed by atoms with E-state index in [0.29, 0.717) is 11.3 Å². The van der Waals surface area contributed by atoms with Crippen molar-refractivity contribution in [3.63, 3.8) is 0 Å². The topological polar surface area (TPSA) is 114 Å². The molecule has 0 unspecified atom stereocenters. The Kier molecular flexibility index (Phi) is 5.35. The van der Waals surface area contributed by atoms with Gasteiger partial charge in [0.15, 0.2) is 12.4 Å².